The lowest BCUT2D eigenvalue weighted by Crippen LogP contribution is -2.30. The summed E-state index contributed by atoms with van der Waals surface area (Å²) < 4.78 is 0. The minimum Gasteiger partial charge on any atom is -0.321 e. The number of halogens is 2. The number of thiophene rings is 1. The third-order valence-corrected chi connectivity index (χ3v) is 11.0. The summed E-state index contributed by atoms with van der Waals surface area (Å²) >= 11 is 15.5. The van der Waals surface area contributed by atoms with Crippen molar-refractivity contribution in [2.75, 3.05) is 16.4 Å². The lowest BCUT2D eigenvalue weighted by molar-refractivity contribution is -0.114. The molecule has 0 bridgehead atoms. The number of nitrogens with zero attached hydrogens (tertiary/aromatic N) is 1. The van der Waals surface area contributed by atoms with Gasteiger partial charge in [0, 0.05) is 36.6 Å². The van der Waals surface area contributed by atoms with Crippen LogP contribution in [-0.2, 0) is 22.4 Å². The van der Waals surface area contributed by atoms with E-state index < -0.39 is 11.8 Å². The molecule has 5 aromatic rings. The van der Waals surface area contributed by atoms with Crippen molar-refractivity contribution in [3.8, 4) is 6.07 Å². The second-order valence-corrected chi connectivity index (χ2v) is 14.5. The van der Waals surface area contributed by atoms with Crippen molar-refractivity contribution >= 4 is 80.8 Å². The van der Waals surface area contributed by atoms with Crippen molar-refractivity contribution in [2.45, 2.75) is 30.1 Å². The minimum atomic E-state index is -0.592. The van der Waals surface area contributed by atoms with Gasteiger partial charge in [-0.1, -0.05) is 83.9 Å². The Morgan fingerprint density at radius 3 is 2.32 bits per heavy atom. The van der Waals surface area contributed by atoms with E-state index >= 15 is 0 Å². The van der Waals surface area contributed by atoms with E-state index in [1.165, 1.54) is 34.7 Å². The molecule has 0 spiro atoms. The molecule has 7 nitrogen and oxygen atoms in total. The predicted molar refractivity (Wildman–Crippen MR) is 203 cm³/mol. The van der Waals surface area contributed by atoms with E-state index in [1.54, 1.807) is 66.7 Å². The quantitative estimate of drug-likeness (QED) is 0.0978. The molecule has 0 saturated carbocycles. The molecule has 1 aliphatic rings. The van der Waals surface area contributed by atoms with Gasteiger partial charge in [-0.25, -0.2) is 0 Å². The second-order valence-electron chi connectivity index (χ2n) is 11.5. The van der Waals surface area contributed by atoms with Crippen LogP contribution in [0.25, 0.3) is 6.08 Å². The van der Waals surface area contributed by atoms with Crippen LogP contribution < -0.4 is 16.0 Å². The third-order valence-electron chi connectivity index (χ3n) is 8.18. The highest BCUT2D eigenvalue weighted by Crippen LogP contribution is 2.42. The number of benzene rings is 4. The fourth-order valence-corrected chi connectivity index (χ4v) is 8.27. The number of hydrogen-bond acceptors (Lipinski definition) is 6. The number of fused-ring (bicyclic) bond motifs is 1. The van der Waals surface area contributed by atoms with Crippen LogP contribution in [0.15, 0.2) is 114 Å². The number of carbonyl (C=O) groups is 3. The maximum Gasteiger partial charge on any atom is 0.272 e. The summed E-state index contributed by atoms with van der Waals surface area (Å²) in [4.78, 5) is 41.5. The Kier molecular flexibility index (Phi) is 11.4. The SMILES string of the molecule is N#Cc1c(NC(=O)CSc2cccc(NC(=O)/C(=C\c3c(Cl)cccc3Cl)NC(=O)c3ccccc3)c2)sc2c1CCC(c1ccccc1)C2. The zero-order chi connectivity index (χ0) is 35.0. The Morgan fingerprint density at radius 2 is 1.60 bits per heavy atom. The summed E-state index contributed by atoms with van der Waals surface area (Å²) in [6.07, 6.45) is 4.04. The monoisotopic (exact) mass is 736 g/mol. The van der Waals surface area contributed by atoms with Gasteiger partial charge >= 0.3 is 0 Å². The summed E-state index contributed by atoms with van der Waals surface area (Å²) in [6, 6.07) is 33.2. The van der Waals surface area contributed by atoms with Crippen LogP contribution in [0.1, 0.15) is 49.8 Å². The fourth-order valence-electron chi connectivity index (χ4n) is 5.71. The number of hydrogen-bond donors (Lipinski definition) is 3. The largest absolute Gasteiger partial charge is 0.321 e. The highest BCUT2D eigenvalue weighted by molar-refractivity contribution is 8.00. The Bertz CT molecular complexity index is 2110. The highest BCUT2D eigenvalue weighted by atomic mass is 35.5. The molecule has 4 aromatic carbocycles. The number of rotatable bonds is 10. The van der Waals surface area contributed by atoms with E-state index in [9.17, 15) is 19.6 Å². The van der Waals surface area contributed by atoms with Crippen LogP contribution in [0.3, 0.4) is 0 Å². The molecule has 3 amide bonds. The van der Waals surface area contributed by atoms with Gasteiger partial charge in [0.05, 0.1) is 11.3 Å². The lowest BCUT2D eigenvalue weighted by Gasteiger charge is -2.22. The van der Waals surface area contributed by atoms with Crippen LogP contribution in [0, 0.1) is 11.3 Å². The van der Waals surface area contributed by atoms with Gasteiger partial charge in [-0.05, 0) is 84.8 Å². The molecular formula is C39H30Cl2N4O3S2. The van der Waals surface area contributed by atoms with E-state index in [0.717, 1.165) is 34.6 Å². The zero-order valence-corrected chi connectivity index (χ0v) is 29.7. The molecule has 6 rings (SSSR count). The molecule has 11 heteroatoms. The summed E-state index contributed by atoms with van der Waals surface area (Å²) in [5, 5.41) is 19.6. The molecule has 0 aliphatic heterocycles. The first-order valence-corrected chi connectivity index (χ1v) is 18.3. The Labute approximate surface area is 308 Å². The normalized spacial score (nSPS) is 13.9. The molecule has 0 radical (unpaired) electrons. The Hall–Kier alpha value is -4.85. The van der Waals surface area contributed by atoms with Gasteiger partial charge in [0.25, 0.3) is 11.8 Å². The van der Waals surface area contributed by atoms with Gasteiger partial charge < -0.3 is 16.0 Å². The number of carbonyl (C=O) groups excluding carboxylic acids is 3. The van der Waals surface area contributed by atoms with Crippen LogP contribution in [0.2, 0.25) is 10.0 Å². The molecule has 1 heterocycles. The zero-order valence-electron chi connectivity index (χ0n) is 26.5. The molecule has 1 unspecified atom stereocenters. The molecule has 1 aliphatic carbocycles. The highest BCUT2D eigenvalue weighted by Gasteiger charge is 2.27. The molecule has 0 saturated heterocycles. The van der Waals surface area contributed by atoms with Crippen LogP contribution >= 0.6 is 46.3 Å². The van der Waals surface area contributed by atoms with Crippen molar-refractivity contribution in [3.63, 3.8) is 0 Å². The first-order chi connectivity index (χ1) is 24.3. The van der Waals surface area contributed by atoms with Gasteiger partial charge in [-0.2, -0.15) is 5.26 Å². The van der Waals surface area contributed by atoms with Crippen LogP contribution in [-0.4, -0.2) is 23.5 Å². The maximum atomic E-state index is 13.6. The van der Waals surface area contributed by atoms with Gasteiger partial charge in [0.15, 0.2) is 0 Å². The molecule has 1 atom stereocenters. The molecule has 250 valence electrons. The topological polar surface area (TPSA) is 111 Å². The summed E-state index contributed by atoms with van der Waals surface area (Å²) in [7, 11) is 0. The maximum absolute atomic E-state index is 13.6. The van der Waals surface area contributed by atoms with Gasteiger partial charge in [-0.3, -0.25) is 14.4 Å². The fraction of sp³-hybridized carbons (Fsp3) is 0.128. The molecule has 50 heavy (non-hydrogen) atoms. The first-order valence-electron chi connectivity index (χ1n) is 15.7. The van der Waals surface area contributed by atoms with Gasteiger partial charge in [0.2, 0.25) is 5.91 Å². The summed E-state index contributed by atoms with van der Waals surface area (Å²) in [5.41, 5.74) is 4.03. The molecule has 3 N–H and O–H groups in total. The standard InChI is InChI=1S/C39H30Cl2N4O3S2/c40-32-15-8-16-33(41)30(32)21-34(44-37(47)25-11-5-2-6-12-25)38(48)43-27-13-7-14-28(20-27)49-23-36(46)45-39-31(22-42)29-18-17-26(19-35(29)50-39)24-9-3-1-4-10-24/h1-16,20-21,26H,17-19,23H2,(H,43,48)(H,44,47)(H,45,46)/b34-21+. The van der Waals surface area contributed by atoms with E-state index in [2.05, 4.69) is 34.2 Å². The van der Waals surface area contributed by atoms with Crippen molar-refractivity contribution in [1.82, 2.24) is 5.32 Å². The van der Waals surface area contributed by atoms with Crippen LogP contribution in [0.4, 0.5) is 10.7 Å². The van der Waals surface area contributed by atoms with E-state index in [4.69, 9.17) is 23.2 Å². The van der Waals surface area contributed by atoms with E-state index in [0.29, 0.717) is 43.3 Å². The lowest BCUT2D eigenvalue weighted by atomic mass is 9.83. The first kappa shape index (κ1) is 35.0. The van der Waals surface area contributed by atoms with Crippen molar-refractivity contribution in [2.24, 2.45) is 0 Å². The average molecular weight is 738 g/mol. The van der Waals surface area contributed by atoms with Gasteiger partial charge in [-0.15, -0.1) is 23.1 Å². The molecule has 1 aromatic heterocycles. The molecule has 0 fully saturated rings. The Morgan fingerprint density at radius 1 is 0.900 bits per heavy atom. The van der Waals surface area contributed by atoms with Crippen molar-refractivity contribution in [1.29, 1.82) is 5.26 Å². The number of anilines is 2. The van der Waals surface area contributed by atoms with Crippen LogP contribution in [0.5, 0.6) is 0 Å². The number of nitrogens with one attached hydrogen (secondary N) is 3. The minimum absolute atomic E-state index is 0.0617. The van der Waals surface area contributed by atoms with E-state index in [1.807, 2.05) is 24.3 Å². The smallest absolute Gasteiger partial charge is 0.272 e. The predicted octanol–water partition coefficient (Wildman–Crippen LogP) is 9.34. The molecular weight excluding hydrogens is 707 g/mol. The third kappa shape index (κ3) is 8.47. The summed E-state index contributed by atoms with van der Waals surface area (Å²) in [6.45, 7) is 0. The summed E-state index contributed by atoms with van der Waals surface area (Å²) in [5.74, 6) is -0.815. The van der Waals surface area contributed by atoms with E-state index in [-0.39, 0.29) is 17.4 Å². The van der Waals surface area contributed by atoms with Crippen molar-refractivity contribution in [3.05, 3.63) is 152 Å². The van der Waals surface area contributed by atoms with Gasteiger partial charge in [0.1, 0.15) is 16.8 Å². The number of amides is 3. The van der Waals surface area contributed by atoms with Crippen molar-refractivity contribution < 1.29 is 14.4 Å². The number of thioether (sulfide) groups is 1. The average Bonchev–Trinajstić information content (AvgIpc) is 3.48. The number of nitriles is 1. The Balaban J connectivity index is 1.12. The second kappa shape index (κ2) is 16.2.